The minimum atomic E-state index is -4.05. The maximum atomic E-state index is 13.0. The van der Waals surface area contributed by atoms with Gasteiger partial charge in [-0.05, 0) is 61.8 Å². The van der Waals surface area contributed by atoms with Crippen LogP contribution in [0.15, 0.2) is 56.6 Å². The molecule has 9 nitrogen and oxygen atoms in total. The van der Waals surface area contributed by atoms with Crippen molar-refractivity contribution in [2.24, 2.45) is 7.05 Å². The monoisotopic (exact) mass is 479 g/mol. The molecule has 32 heavy (non-hydrogen) atoms. The number of carbonyl (C=O) groups is 1. The number of sulfonamides is 1. The van der Waals surface area contributed by atoms with Crippen LogP contribution in [0.25, 0.3) is 11.1 Å². The van der Waals surface area contributed by atoms with Crippen LogP contribution in [0.4, 0.5) is 5.69 Å². The van der Waals surface area contributed by atoms with Gasteiger partial charge in [0.25, 0.3) is 0 Å². The van der Waals surface area contributed by atoms with Crippen molar-refractivity contribution < 1.29 is 22.4 Å². The topological polar surface area (TPSA) is 120 Å². The number of carbonyl (C=O) groups excluding carboxylic acids is 1. The molecule has 0 saturated carbocycles. The minimum Gasteiger partial charge on any atom is -0.494 e. The number of aromatic nitrogens is 1. The summed E-state index contributed by atoms with van der Waals surface area (Å²) >= 11 is 1.51. The molecule has 0 bridgehead atoms. The zero-order valence-electron chi connectivity index (χ0n) is 18.0. The molecular weight excluding hydrogens is 454 g/mol. The van der Waals surface area contributed by atoms with E-state index in [0.29, 0.717) is 35.7 Å². The van der Waals surface area contributed by atoms with E-state index in [1.165, 1.54) is 41.6 Å². The third-order valence-electron chi connectivity index (χ3n) is 4.73. The summed E-state index contributed by atoms with van der Waals surface area (Å²) in [6.07, 6.45) is 2.17. The van der Waals surface area contributed by atoms with Crippen LogP contribution in [-0.4, -0.2) is 43.5 Å². The first-order chi connectivity index (χ1) is 15.2. The van der Waals surface area contributed by atoms with Gasteiger partial charge in [0.05, 0.1) is 17.0 Å². The van der Waals surface area contributed by atoms with Crippen molar-refractivity contribution >= 4 is 44.5 Å². The van der Waals surface area contributed by atoms with Crippen molar-refractivity contribution in [3.8, 4) is 5.75 Å². The molecule has 3 aromatic rings. The van der Waals surface area contributed by atoms with Gasteiger partial charge in [0.15, 0.2) is 5.58 Å². The molecule has 0 aliphatic heterocycles. The van der Waals surface area contributed by atoms with E-state index in [1.54, 1.807) is 24.3 Å². The number of nitrogens with one attached hydrogen (secondary N) is 2. The first-order valence-electron chi connectivity index (χ1n) is 9.89. The van der Waals surface area contributed by atoms with E-state index in [-0.39, 0.29) is 10.5 Å². The summed E-state index contributed by atoms with van der Waals surface area (Å²) in [7, 11) is -2.52. The predicted molar refractivity (Wildman–Crippen MR) is 125 cm³/mol. The summed E-state index contributed by atoms with van der Waals surface area (Å²) in [4.78, 5) is 24.4. The number of aryl methyl sites for hydroxylation is 1. The van der Waals surface area contributed by atoms with E-state index in [4.69, 9.17) is 9.15 Å². The van der Waals surface area contributed by atoms with Gasteiger partial charge in [0, 0.05) is 18.8 Å². The highest BCUT2D eigenvalue weighted by atomic mass is 32.2. The van der Waals surface area contributed by atoms with Crippen LogP contribution in [0.2, 0.25) is 0 Å². The number of hydrogen-bond acceptors (Lipinski definition) is 7. The third kappa shape index (κ3) is 5.53. The molecule has 3 rings (SSSR count). The highest BCUT2D eigenvalue weighted by molar-refractivity contribution is 7.98. The summed E-state index contributed by atoms with van der Waals surface area (Å²) in [5.41, 5.74) is 1.15. The Kier molecular flexibility index (Phi) is 7.64. The standard InChI is InChI=1S/C21H25N3O6S2/c1-4-29-15-7-5-14(6-8-15)22-20(25)17(11-12-31-3)23-32(27,28)16-9-10-18-19(13-16)30-21(26)24(18)2/h5-10,13,17,23H,4,11-12H2,1-3H3,(H,22,25)/t17-/m1/s1. The minimum absolute atomic E-state index is 0.0950. The van der Waals surface area contributed by atoms with Gasteiger partial charge in [-0.2, -0.15) is 16.5 Å². The van der Waals surface area contributed by atoms with Crippen LogP contribution < -0.4 is 20.5 Å². The van der Waals surface area contributed by atoms with Gasteiger partial charge in [0.1, 0.15) is 11.8 Å². The van der Waals surface area contributed by atoms with Crippen LogP contribution in [0.5, 0.6) is 5.75 Å². The second-order valence-electron chi connectivity index (χ2n) is 6.96. The Hall–Kier alpha value is -2.76. The summed E-state index contributed by atoms with van der Waals surface area (Å²) in [5, 5.41) is 2.74. The lowest BCUT2D eigenvalue weighted by molar-refractivity contribution is -0.117. The van der Waals surface area contributed by atoms with E-state index < -0.39 is 27.7 Å². The molecule has 2 aromatic carbocycles. The molecule has 1 amide bonds. The molecule has 0 unspecified atom stereocenters. The van der Waals surface area contributed by atoms with Crippen LogP contribution in [0.3, 0.4) is 0 Å². The third-order valence-corrected chi connectivity index (χ3v) is 6.84. The van der Waals surface area contributed by atoms with Crippen molar-refractivity contribution in [3.63, 3.8) is 0 Å². The van der Waals surface area contributed by atoms with Crippen molar-refractivity contribution in [1.29, 1.82) is 0 Å². The van der Waals surface area contributed by atoms with Crippen molar-refractivity contribution in [3.05, 3.63) is 53.0 Å². The molecule has 11 heteroatoms. The number of benzene rings is 2. The molecule has 0 aliphatic carbocycles. The molecule has 1 atom stereocenters. The fourth-order valence-electron chi connectivity index (χ4n) is 3.05. The fraction of sp³-hybridized carbons (Fsp3) is 0.333. The lowest BCUT2D eigenvalue weighted by Crippen LogP contribution is -2.44. The van der Waals surface area contributed by atoms with Crippen LogP contribution in [0, 0.1) is 0 Å². The maximum absolute atomic E-state index is 13.0. The van der Waals surface area contributed by atoms with Gasteiger partial charge in [-0.15, -0.1) is 0 Å². The number of hydrogen-bond donors (Lipinski definition) is 2. The van der Waals surface area contributed by atoms with E-state index in [1.807, 2.05) is 13.2 Å². The zero-order valence-corrected chi connectivity index (χ0v) is 19.6. The average molecular weight is 480 g/mol. The Morgan fingerprint density at radius 2 is 1.94 bits per heavy atom. The fourth-order valence-corrected chi connectivity index (χ4v) is 4.76. The van der Waals surface area contributed by atoms with Crippen LogP contribution >= 0.6 is 11.8 Å². The summed E-state index contributed by atoms with van der Waals surface area (Å²) in [5.74, 6) is 0.193. The molecule has 0 saturated heterocycles. The van der Waals surface area contributed by atoms with Crippen LogP contribution in [-0.2, 0) is 21.9 Å². The van der Waals surface area contributed by atoms with E-state index in [0.717, 1.165) is 0 Å². The Bertz CT molecular complexity index is 1250. The number of anilines is 1. The quantitative estimate of drug-likeness (QED) is 0.459. The van der Waals surface area contributed by atoms with Crippen molar-refractivity contribution in [2.45, 2.75) is 24.3 Å². The second kappa shape index (κ2) is 10.2. The number of oxazole rings is 1. The van der Waals surface area contributed by atoms with Gasteiger partial charge < -0.3 is 14.5 Å². The second-order valence-corrected chi connectivity index (χ2v) is 9.66. The highest BCUT2D eigenvalue weighted by Crippen LogP contribution is 2.20. The Labute approximate surface area is 190 Å². The predicted octanol–water partition coefficient (Wildman–Crippen LogP) is 2.57. The van der Waals surface area contributed by atoms with Crippen molar-refractivity contribution in [1.82, 2.24) is 9.29 Å². The van der Waals surface area contributed by atoms with Crippen molar-refractivity contribution in [2.75, 3.05) is 23.9 Å². The summed E-state index contributed by atoms with van der Waals surface area (Å²) in [6, 6.07) is 9.98. The lowest BCUT2D eigenvalue weighted by Gasteiger charge is -2.18. The summed E-state index contributed by atoms with van der Waals surface area (Å²) in [6.45, 7) is 2.41. The number of ether oxygens (including phenoxy) is 1. The summed E-state index contributed by atoms with van der Waals surface area (Å²) < 4.78 is 40.2. The maximum Gasteiger partial charge on any atom is 0.419 e. The Morgan fingerprint density at radius 3 is 2.59 bits per heavy atom. The molecule has 0 aliphatic rings. The molecular formula is C21H25N3O6S2. The van der Waals surface area contributed by atoms with Gasteiger partial charge in [0.2, 0.25) is 15.9 Å². The SMILES string of the molecule is CCOc1ccc(NC(=O)[C@@H](CCSC)NS(=O)(=O)c2ccc3c(c2)oc(=O)n3C)cc1. The first-order valence-corrected chi connectivity index (χ1v) is 12.8. The molecule has 2 N–H and O–H groups in total. The highest BCUT2D eigenvalue weighted by Gasteiger charge is 2.26. The van der Waals surface area contributed by atoms with E-state index in [2.05, 4.69) is 10.0 Å². The normalized spacial score (nSPS) is 12.6. The van der Waals surface area contributed by atoms with Gasteiger partial charge in [-0.25, -0.2) is 13.2 Å². The number of thioether (sulfide) groups is 1. The van der Waals surface area contributed by atoms with Crippen LogP contribution in [0.1, 0.15) is 13.3 Å². The zero-order chi connectivity index (χ0) is 23.3. The molecule has 172 valence electrons. The Morgan fingerprint density at radius 1 is 1.22 bits per heavy atom. The number of rotatable bonds is 10. The smallest absolute Gasteiger partial charge is 0.419 e. The number of nitrogens with zero attached hydrogens (tertiary/aromatic N) is 1. The van der Waals surface area contributed by atoms with E-state index in [9.17, 15) is 18.0 Å². The van der Waals surface area contributed by atoms with Gasteiger partial charge in [-0.3, -0.25) is 9.36 Å². The lowest BCUT2D eigenvalue weighted by atomic mass is 10.2. The average Bonchev–Trinajstić information content (AvgIpc) is 3.05. The molecule has 0 radical (unpaired) electrons. The number of fused-ring (bicyclic) bond motifs is 1. The largest absolute Gasteiger partial charge is 0.494 e. The molecule has 0 fully saturated rings. The molecule has 1 heterocycles. The molecule has 0 spiro atoms. The van der Waals surface area contributed by atoms with Gasteiger partial charge >= 0.3 is 5.76 Å². The first kappa shape index (κ1) is 23.9. The van der Waals surface area contributed by atoms with E-state index >= 15 is 0 Å². The van der Waals surface area contributed by atoms with Gasteiger partial charge in [-0.1, -0.05) is 0 Å². The number of amides is 1. The Balaban J connectivity index is 1.80. The molecule has 1 aromatic heterocycles.